The van der Waals surface area contributed by atoms with Crippen molar-refractivity contribution in [3.05, 3.63) is 33.0 Å². The lowest BCUT2D eigenvalue weighted by molar-refractivity contribution is -0.142. The number of nitrogens with one attached hydrogen (secondary N) is 1. The highest BCUT2D eigenvalue weighted by atomic mass is 32.1. The van der Waals surface area contributed by atoms with Gasteiger partial charge in [-0.05, 0) is 58.9 Å². The van der Waals surface area contributed by atoms with Crippen LogP contribution in [-0.2, 0) is 39.8 Å². The van der Waals surface area contributed by atoms with Crippen LogP contribution in [0.3, 0.4) is 0 Å². The van der Waals surface area contributed by atoms with Crippen molar-refractivity contribution in [2.45, 2.75) is 78.6 Å². The van der Waals surface area contributed by atoms with E-state index in [4.69, 9.17) is 9.47 Å². The van der Waals surface area contributed by atoms with Gasteiger partial charge in [0.15, 0.2) is 5.69 Å². The van der Waals surface area contributed by atoms with Crippen molar-refractivity contribution in [2.75, 3.05) is 11.9 Å². The molecular formula is C23H28F3N3O5S. The summed E-state index contributed by atoms with van der Waals surface area (Å²) in [6.45, 7) is 6.15. The molecule has 192 valence electrons. The van der Waals surface area contributed by atoms with Gasteiger partial charge in [0, 0.05) is 11.3 Å². The van der Waals surface area contributed by atoms with Crippen molar-refractivity contribution < 1.29 is 37.0 Å². The summed E-state index contributed by atoms with van der Waals surface area (Å²) in [6, 6.07) is 0. The van der Waals surface area contributed by atoms with E-state index in [9.17, 15) is 27.6 Å². The number of aromatic nitrogens is 2. The molecule has 0 aliphatic heterocycles. The van der Waals surface area contributed by atoms with Gasteiger partial charge in [0.25, 0.3) is 0 Å². The van der Waals surface area contributed by atoms with Crippen molar-refractivity contribution in [2.24, 2.45) is 0 Å². The zero-order valence-electron chi connectivity index (χ0n) is 20.0. The van der Waals surface area contributed by atoms with Crippen LogP contribution in [0.25, 0.3) is 0 Å². The van der Waals surface area contributed by atoms with Crippen molar-refractivity contribution in [3.8, 4) is 0 Å². The first kappa shape index (κ1) is 26.7. The summed E-state index contributed by atoms with van der Waals surface area (Å²) >= 11 is 0.853. The van der Waals surface area contributed by atoms with E-state index in [1.165, 1.54) is 6.92 Å². The van der Waals surface area contributed by atoms with E-state index in [2.05, 4.69) is 10.4 Å². The molecule has 0 saturated heterocycles. The number of ether oxygens (including phenoxy) is 2. The first-order chi connectivity index (χ1) is 16.4. The Morgan fingerprint density at radius 3 is 2.46 bits per heavy atom. The number of fused-ring (bicyclic) bond motifs is 1. The van der Waals surface area contributed by atoms with E-state index in [0.717, 1.165) is 22.4 Å². The summed E-state index contributed by atoms with van der Waals surface area (Å²) in [6.07, 6.45) is -2.30. The highest BCUT2D eigenvalue weighted by Crippen LogP contribution is 2.36. The van der Waals surface area contributed by atoms with Gasteiger partial charge in [0.1, 0.15) is 16.4 Å². The molecule has 0 atom stereocenters. The summed E-state index contributed by atoms with van der Waals surface area (Å²) in [5, 5.41) is 6.36. The Hall–Kier alpha value is -2.89. The zero-order chi connectivity index (χ0) is 25.9. The monoisotopic (exact) mass is 515 g/mol. The Balaban J connectivity index is 1.93. The highest BCUT2D eigenvalue weighted by Gasteiger charge is 2.39. The number of anilines is 1. The predicted octanol–water partition coefficient (Wildman–Crippen LogP) is 4.92. The first-order valence-electron chi connectivity index (χ1n) is 11.4. The molecule has 8 nitrogen and oxygen atoms in total. The Morgan fingerprint density at radius 2 is 1.83 bits per heavy atom. The average molecular weight is 516 g/mol. The predicted molar refractivity (Wildman–Crippen MR) is 123 cm³/mol. The molecule has 0 fully saturated rings. The van der Waals surface area contributed by atoms with Gasteiger partial charge in [-0.15, -0.1) is 11.3 Å². The van der Waals surface area contributed by atoms with Crippen LogP contribution in [0.1, 0.15) is 82.6 Å². The molecule has 0 bridgehead atoms. The second-order valence-electron chi connectivity index (χ2n) is 8.47. The summed E-state index contributed by atoms with van der Waals surface area (Å²) < 4.78 is 52.1. The number of hydrogen-bond donors (Lipinski definition) is 1. The number of alkyl halides is 3. The number of thiophene rings is 1. The molecule has 1 amide bonds. The van der Waals surface area contributed by atoms with E-state index >= 15 is 0 Å². The number of carbonyl (C=O) groups is 3. The zero-order valence-corrected chi connectivity index (χ0v) is 20.8. The van der Waals surface area contributed by atoms with E-state index in [1.807, 2.05) is 0 Å². The van der Waals surface area contributed by atoms with Gasteiger partial charge in [-0.2, -0.15) is 18.3 Å². The van der Waals surface area contributed by atoms with Crippen LogP contribution in [0.2, 0.25) is 0 Å². The third-order valence-corrected chi connectivity index (χ3v) is 6.66. The van der Waals surface area contributed by atoms with Gasteiger partial charge in [-0.1, -0.05) is 6.42 Å². The molecule has 0 unspecified atom stereocenters. The standard InChI is InChI=1S/C23H28F3N3O5S/c1-5-33-22(32)18-13(4)17(21(31)34-12(2)3)20(35-18)27-16(30)11-29-15-10-8-6-7-9-14(15)19(28-29)23(24,25)26/h12H,5-11H2,1-4H3,(H,27,30). The van der Waals surface area contributed by atoms with E-state index in [1.54, 1.807) is 20.8 Å². The molecular weight excluding hydrogens is 487 g/mol. The first-order valence-corrected chi connectivity index (χ1v) is 12.2. The highest BCUT2D eigenvalue weighted by molar-refractivity contribution is 7.18. The topological polar surface area (TPSA) is 99.5 Å². The number of hydrogen-bond acceptors (Lipinski definition) is 7. The molecule has 3 rings (SSSR count). The maximum absolute atomic E-state index is 13.6. The van der Waals surface area contributed by atoms with Gasteiger partial charge in [-0.25, -0.2) is 9.59 Å². The quantitative estimate of drug-likeness (QED) is 0.415. The van der Waals surface area contributed by atoms with Crippen molar-refractivity contribution in [1.82, 2.24) is 9.78 Å². The third kappa shape index (κ3) is 6.03. The average Bonchev–Trinajstić information content (AvgIpc) is 3.13. The van der Waals surface area contributed by atoms with Crippen LogP contribution in [0.15, 0.2) is 0 Å². The van der Waals surface area contributed by atoms with Gasteiger partial charge < -0.3 is 14.8 Å². The summed E-state index contributed by atoms with van der Waals surface area (Å²) in [4.78, 5) is 38.1. The minimum absolute atomic E-state index is 0.00961. The second-order valence-corrected chi connectivity index (χ2v) is 9.49. The molecule has 1 aliphatic carbocycles. The maximum Gasteiger partial charge on any atom is 0.435 e. The number of amides is 1. The van der Waals surface area contributed by atoms with Crippen LogP contribution in [0.5, 0.6) is 0 Å². The fourth-order valence-corrected chi connectivity index (χ4v) is 5.12. The fourth-order valence-electron chi connectivity index (χ4n) is 4.02. The normalized spacial score (nSPS) is 13.8. The van der Waals surface area contributed by atoms with Crippen LogP contribution >= 0.6 is 11.3 Å². The molecule has 0 saturated carbocycles. The van der Waals surface area contributed by atoms with Crippen LogP contribution in [0, 0.1) is 6.92 Å². The lowest BCUT2D eigenvalue weighted by Crippen LogP contribution is -2.22. The molecule has 1 N–H and O–H groups in total. The van der Waals surface area contributed by atoms with Crippen LogP contribution < -0.4 is 5.32 Å². The molecule has 12 heteroatoms. The Morgan fingerprint density at radius 1 is 1.14 bits per heavy atom. The van der Waals surface area contributed by atoms with Crippen LogP contribution in [0.4, 0.5) is 18.2 Å². The number of nitrogens with zero attached hydrogens (tertiary/aromatic N) is 2. The molecule has 0 spiro atoms. The SMILES string of the molecule is CCOC(=O)c1sc(NC(=O)Cn2nc(C(F)(F)F)c3c2CCCCC3)c(C(=O)OC(C)C)c1C. The van der Waals surface area contributed by atoms with Gasteiger partial charge >= 0.3 is 18.1 Å². The largest absolute Gasteiger partial charge is 0.462 e. The molecule has 2 aromatic rings. The van der Waals surface area contributed by atoms with E-state index in [0.29, 0.717) is 30.5 Å². The summed E-state index contributed by atoms with van der Waals surface area (Å²) in [7, 11) is 0. The number of esters is 2. The van der Waals surface area contributed by atoms with Crippen molar-refractivity contribution >= 4 is 34.2 Å². The van der Waals surface area contributed by atoms with Crippen molar-refractivity contribution in [1.29, 1.82) is 0 Å². The fraction of sp³-hybridized carbons (Fsp3) is 0.565. The van der Waals surface area contributed by atoms with Gasteiger partial charge in [-0.3, -0.25) is 9.48 Å². The lowest BCUT2D eigenvalue weighted by Gasteiger charge is -2.11. The smallest absolute Gasteiger partial charge is 0.435 e. The molecule has 0 radical (unpaired) electrons. The maximum atomic E-state index is 13.6. The van der Waals surface area contributed by atoms with Gasteiger partial charge in [0.2, 0.25) is 5.91 Å². The van der Waals surface area contributed by atoms with Crippen LogP contribution in [-0.4, -0.2) is 40.3 Å². The Kier molecular flexibility index (Phi) is 8.24. The number of halogens is 3. The second kappa shape index (κ2) is 10.8. The van der Waals surface area contributed by atoms with Gasteiger partial charge in [0.05, 0.1) is 18.3 Å². The molecule has 1 aliphatic rings. The summed E-state index contributed by atoms with van der Waals surface area (Å²) in [5.74, 6) is -2.06. The Labute approximate surface area is 204 Å². The molecule has 35 heavy (non-hydrogen) atoms. The minimum atomic E-state index is -4.62. The van der Waals surface area contributed by atoms with Crippen molar-refractivity contribution in [3.63, 3.8) is 0 Å². The lowest BCUT2D eigenvalue weighted by atomic mass is 10.1. The Bertz CT molecular complexity index is 1120. The third-order valence-electron chi connectivity index (χ3n) is 5.48. The molecule has 2 aromatic heterocycles. The van der Waals surface area contributed by atoms with E-state index in [-0.39, 0.29) is 34.0 Å². The molecule has 2 heterocycles. The minimum Gasteiger partial charge on any atom is -0.462 e. The summed E-state index contributed by atoms with van der Waals surface area (Å²) in [5.41, 5.74) is -0.114. The number of rotatable bonds is 7. The molecule has 0 aromatic carbocycles. The number of carbonyl (C=O) groups excluding carboxylic acids is 3. The van der Waals surface area contributed by atoms with E-state index < -0.39 is 42.4 Å².